The van der Waals surface area contributed by atoms with E-state index in [4.69, 9.17) is 14.2 Å². The highest BCUT2D eigenvalue weighted by Gasteiger charge is 2.29. The molecule has 1 fully saturated rings. The van der Waals surface area contributed by atoms with Crippen LogP contribution in [0.1, 0.15) is 22.5 Å². The Kier molecular flexibility index (Phi) is 5.95. The van der Waals surface area contributed by atoms with E-state index in [-0.39, 0.29) is 17.7 Å². The molecule has 1 aromatic heterocycles. The summed E-state index contributed by atoms with van der Waals surface area (Å²) >= 11 is 1.50. The minimum Gasteiger partial charge on any atom is -0.496 e. The van der Waals surface area contributed by atoms with E-state index < -0.39 is 11.7 Å². The van der Waals surface area contributed by atoms with E-state index in [1.54, 1.807) is 5.51 Å². The van der Waals surface area contributed by atoms with Crippen LogP contribution in [0.2, 0.25) is 0 Å². The fourth-order valence-corrected chi connectivity index (χ4v) is 3.19. The molecule has 1 aliphatic rings. The first-order valence-corrected chi connectivity index (χ1v) is 8.82. The first-order valence-electron chi connectivity index (χ1n) is 7.88. The number of nitrogens with zero attached hydrogens (tertiary/aromatic N) is 1. The predicted octanol–water partition coefficient (Wildman–Crippen LogP) is 2.39. The van der Waals surface area contributed by atoms with E-state index in [9.17, 15) is 9.18 Å². The Morgan fingerprint density at radius 3 is 3.16 bits per heavy atom. The normalized spacial score (nSPS) is 20.2. The number of thiazole rings is 1. The number of nitrogens with one attached hydrogen (secondary N) is 1. The lowest BCUT2D eigenvalue weighted by molar-refractivity contribution is -0.0742. The largest absolute Gasteiger partial charge is 0.496 e. The maximum Gasteiger partial charge on any atom is 0.255 e. The van der Waals surface area contributed by atoms with Crippen molar-refractivity contribution in [1.29, 1.82) is 0 Å². The molecule has 25 heavy (non-hydrogen) atoms. The monoisotopic (exact) mass is 366 g/mol. The summed E-state index contributed by atoms with van der Waals surface area (Å²) in [5, 5.41) is 4.82. The fraction of sp³-hybridized carbons (Fsp3) is 0.412. The molecule has 0 radical (unpaired) electrons. The second-order valence-corrected chi connectivity index (χ2v) is 6.34. The molecule has 2 aromatic rings. The maximum absolute atomic E-state index is 13.5. The van der Waals surface area contributed by atoms with E-state index in [1.165, 1.54) is 36.6 Å². The van der Waals surface area contributed by atoms with Gasteiger partial charge in [0.25, 0.3) is 5.91 Å². The zero-order chi connectivity index (χ0) is 17.6. The van der Waals surface area contributed by atoms with E-state index >= 15 is 0 Å². The van der Waals surface area contributed by atoms with Crippen LogP contribution >= 0.6 is 11.3 Å². The van der Waals surface area contributed by atoms with Crippen LogP contribution in [0.25, 0.3) is 0 Å². The molecule has 1 N–H and O–H groups in total. The number of rotatable bonds is 6. The van der Waals surface area contributed by atoms with Crippen molar-refractivity contribution in [3.63, 3.8) is 0 Å². The number of ether oxygens (including phenoxy) is 3. The van der Waals surface area contributed by atoms with Crippen molar-refractivity contribution in [2.45, 2.75) is 25.2 Å². The van der Waals surface area contributed by atoms with Crippen LogP contribution in [0, 0.1) is 5.82 Å². The lowest BCUT2D eigenvalue weighted by Crippen LogP contribution is -2.50. The smallest absolute Gasteiger partial charge is 0.255 e. The lowest BCUT2D eigenvalue weighted by atomic mass is 10.0. The van der Waals surface area contributed by atoms with Crippen molar-refractivity contribution in [2.24, 2.45) is 0 Å². The average Bonchev–Trinajstić information content (AvgIpc) is 3.14. The van der Waals surface area contributed by atoms with Crippen LogP contribution in [0.5, 0.6) is 5.75 Å². The molecule has 0 spiro atoms. The Bertz CT molecular complexity index is 711. The van der Waals surface area contributed by atoms with Crippen molar-refractivity contribution in [1.82, 2.24) is 10.3 Å². The predicted molar refractivity (Wildman–Crippen MR) is 90.3 cm³/mol. The average molecular weight is 366 g/mol. The van der Waals surface area contributed by atoms with Crippen LogP contribution in [0.3, 0.4) is 0 Å². The first-order chi connectivity index (χ1) is 12.2. The van der Waals surface area contributed by atoms with Gasteiger partial charge in [0.2, 0.25) is 0 Å². The molecule has 1 aliphatic heterocycles. The Balaban J connectivity index is 1.66. The summed E-state index contributed by atoms with van der Waals surface area (Å²) in [6, 6.07) is 3.63. The molecule has 3 rings (SSSR count). The topological polar surface area (TPSA) is 69.7 Å². The lowest BCUT2D eigenvalue weighted by Gasteiger charge is -2.32. The summed E-state index contributed by atoms with van der Waals surface area (Å²) < 4.78 is 29.9. The van der Waals surface area contributed by atoms with Gasteiger partial charge >= 0.3 is 0 Å². The van der Waals surface area contributed by atoms with Gasteiger partial charge in [0.1, 0.15) is 17.7 Å². The molecule has 2 atom stereocenters. The Morgan fingerprint density at radius 1 is 1.52 bits per heavy atom. The SMILES string of the molecule is COc1ccc(F)cc1C(=O)N[C@@H]1CCOC[C@H]1OCc1cscn1. The Labute approximate surface area is 148 Å². The van der Waals surface area contributed by atoms with E-state index in [0.29, 0.717) is 32.0 Å². The zero-order valence-electron chi connectivity index (χ0n) is 13.7. The van der Waals surface area contributed by atoms with Crippen LogP contribution in [0.4, 0.5) is 4.39 Å². The molecular weight excluding hydrogens is 347 g/mol. The Morgan fingerprint density at radius 2 is 2.40 bits per heavy atom. The number of hydrogen-bond acceptors (Lipinski definition) is 6. The molecular formula is C17H19FN2O4S. The molecule has 0 unspecified atom stereocenters. The molecule has 1 saturated heterocycles. The summed E-state index contributed by atoms with van der Waals surface area (Å²) in [6.07, 6.45) is 0.324. The summed E-state index contributed by atoms with van der Waals surface area (Å²) in [6.45, 7) is 1.27. The third kappa shape index (κ3) is 4.53. The molecule has 0 aliphatic carbocycles. The van der Waals surface area contributed by atoms with Gasteiger partial charge in [0.15, 0.2) is 0 Å². The minimum absolute atomic E-state index is 0.159. The molecule has 1 aromatic carbocycles. The quantitative estimate of drug-likeness (QED) is 0.850. The molecule has 2 heterocycles. The van der Waals surface area contributed by atoms with Crippen molar-refractivity contribution in [3.8, 4) is 5.75 Å². The minimum atomic E-state index is -0.491. The second kappa shape index (κ2) is 8.37. The Hall–Kier alpha value is -2.03. The fourth-order valence-electron chi connectivity index (χ4n) is 2.65. The number of halogens is 1. The van der Waals surface area contributed by atoms with Gasteiger partial charge in [-0.25, -0.2) is 9.37 Å². The number of carbonyl (C=O) groups excluding carboxylic acids is 1. The molecule has 0 saturated carbocycles. The summed E-state index contributed by atoms with van der Waals surface area (Å²) in [5.74, 6) is -0.564. The number of aromatic nitrogens is 1. The first kappa shape index (κ1) is 17.8. The van der Waals surface area contributed by atoms with Gasteiger partial charge in [-0.2, -0.15) is 0 Å². The van der Waals surface area contributed by atoms with Crippen molar-refractivity contribution >= 4 is 17.2 Å². The molecule has 6 nitrogen and oxygen atoms in total. The highest BCUT2D eigenvalue weighted by Crippen LogP contribution is 2.21. The van der Waals surface area contributed by atoms with Crippen LogP contribution in [-0.2, 0) is 16.1 Å². The van der Waals surface area contributed by atoms with Crippen LogP contribution in [-0.4, -0.2) is 43.4 Å². The third-order valence-electron chi connectivity index (χ3n) is 3.96. The third-order valence-corrected chi connectivity index (χ3v) is 4.59. The van der Waals surface area contributed by atoms with E-state index in [2.05, 4.69) is 10.3 Å². The van der Waals surface area contributed by atoms with Gasteiger partial charge in [0.05, 0.1) is 43.1 Å². The number of amides is 1. The molecule has 0 bridgehead atoms. The molecule has 134 valence electrons. The van der Waals surface area contributed by atoms with Gasteiger partial charge in [-0.1, -0.05) is 0 Å². The number of carbonyl (C=O) groups is 1. The van der Waals surface area contributed by atoms with Gasteiger partial charge in [0, 0.05) is 12.0 Å². The zero-order valence-corrected chi connectivity index (χ0v) is 14.6. The standard InChI is InChI=1S/C17H19FN2O4S/c1-22-15-3-2-11(18)6-13(15)17(21)20-14-4-5-23-8-16(14)24-7-12-9-25-10-19-12/h2-3,6,9-10,14,16H,4-5,7-8H2,1H3,(H,20,21)/t14-,16-/m1/s1. The number of benzene rings is 1. The number of methoxy groups -OCH3 is 1. The molecule has 8 heteroatoms. The van der Waals surface area contributed by atoms with Crippen LogP contribution < -0.4 is 10.1 Å². The summed E-state index contributed by atoms with van der Waals surface area (Å²) in [7, 11) is 1.44. The summed E-state index contributed by atoms with van der Waals surface area (Å²) in [4.78, 5) is 16.7. The second-order valence-electron chi connectivity index (χ2n) is 5.62. The summed E-state index contributed by atoms with van der Waals surface area (Å²) in [5.41, 5.74) is 2.74. The number of hydrogen-bond donors (Lipinski definition) is 1. The van der Waals surface area contributed by atoms with Gasteiger partial charge in [-0.05, 0) is 24.6 Å². The van der Waals surface area contributed by atoms with Crippen molar-refractivity contribution in [2.75, 3.05) is 20.3 Å². The van der Waals surface area contributed by atoms with Crippen molar-refractivity contribution in [3.05, 3.63) is 46.2 Å². The van der Waals surface area contributed by atoms with Crippen LogP contribution in [0.15, 0.2) is 29.1 Å². The van der Waals surface area contributed by atoms with E-state index in [1.807, 2.05) is 5.38 Å². The van der Waals surface area contributed by atoms with Gasteiger partial charge in [-0.3, -0.25) is 4.79 Å². The van der Waals surface area contributed by atoms with E-state index in [0.717, 1.165) is 5.69 Å². The van der Waals surface area contributed by atoms with Gasteiger partial charge < -0.3 is 19.5 Å². The van der Waals surface area contributed by atoms with Crippen molar-refractivity contribution < 1.29 is 23.4 Å². The highest BCUT2D eigenvalue weighted by molar-refractivity contribution is 7.07. The maximum atomic E-state index is 13.5. The molecule has 1 amide bonds. The van der Waals surface area contributed by atoms with Gasteiger partial charge in [-0.15, -0.1) is 11.3 Å². The highest BCUT2D eigenvalue weighted by atomic mass is 32.1.